The predicted octanol–water partition coefficient (Wildman–Crippen LogP) is 4.28. The minimum Gasteiger partial charge on any atom is -0.343 e. The van der Waals surface area contributed by atoms with Gasteiger partial charge in [0.1, 0.15) is 23.7 Å². The zero-order valence-electron chi connectivity index (χ0n) is 34.9. The number of halogens is 3. The molecule has 4 saturated carbocycles. The minimum absolute atomic E-state index is 0.133. The van der Waals surface area contributed by atoms with Gasteiger partial charge in [-0.2, -0.15) is 21.6 Å². The Morgan fingerprint density at radius 2 is 1.50 bits per heavy atom. The number of rotatable bonds is 12. The van der Waals surface area contributed by atoms with Crippen molar-refractivity contribution in [3.63, 3.8) is 0 Å². The lowest BCUT2D eigenvalue weighted by atomic mass is 9.73. The van der Waals surface area contributed by atoms with Crippen LogP contribution in [0.4, 0.5) is 13.2 Å². The summed E-state index contributed by atoms with van der Waals surface area (Å²) in [6.07, 6.45) is 11.0. The van der Waals surface area contributed by atoms with E-state index in [1.807, 2.05) is 6.92 Å². The third kappa shape index (κ3) is 7.35. The summed E-state index contributed by atoms with van der Waals surface area (Å²) >= 11 is 0. The Kier molecular flexibility index (Phi) is 11.7. The van der Waals surface area contributed by atoms with E-state index in [-0.39, 0.29) is 48.1 Å². The fourth-order valence-electron chi connectivity index (χ4n) is 11.5. The van der Waals surface area contributed by atoms with Crippen molar-refractivity contribution >= 4 is 39.6 Å². The standard InChI is InChI=1S/C41H63F3N6O7S/c1-8-26-22-40(26,35(55)48-58(56,57)41(42,43)44)47-32(52)28-23-39(37(6,7)38(39)19-15-20-38)24-50(28)34(54)30(36(3,4)5)46-33(53)29(25-16-11-10-12-17-25)45-31(51)27-18-13-14-21-49(27)9-2/h8,25-30H,1,9-24H2,2-7H3,(H,45,51)(H,46,53)(H,47,52)(H,48,55)/t26-,27+,28+,29+,30-,39-,40-/m1/s1. The normalized spacial score (nSPS) is 31.7. The van der Waals surface area contributed by atoms with E-state index in [0.717, 1.165) is 75.5 Å². The number of carbonyl (C=O) groups is 5. The van der Waals surface area contributed by atoms with Gasteiger partial charge in [-0.15, -0.1) is 6.58 Å². The van der Waals surface area contributed by atoms with Gasteiger partial charge < -0.3 is 20.9 Å². The second kappa shape index (κ2) is 15.4. The highest BCUT2D eigenvalue weighted by Gasteiger charge is 2.85. The molecular weight excluding hydrogens is 778 g/mol. The molecule has 13 nitrogen and oxygen atoms in total. The van der Waals surface area contributed by atoms with Crippen molar-refractivity contribution in [2.24, 2.45) is 33.5 Å². The molecule has 0 aromatic carbocycles. The maximum Gasteiger partial charge on any atom is 0.516 e. The van der Waals surface area contributed by atoms with Crippen molar-refractivity contribution in [2.45, 2.75) is 160 Å². The minimum atomic E-state index is -6.08. The third-order valence-corrected chi connectivity index (χ3v) is 16.5. The number of likely N-dealkylation sites (tertiary alicyclic amines) is 2. The molecule has 0 bridgehead atoms. The van der Waals surface area contributed by atoms with Crippen LogP contribution in [0.2, 0.25) is 0 Å². The molecule has 326 valence electrons. The summed E-state index contributed by atoms with van der Waals surface area (Å²) in [4.78, 5) is 74.9. The van der Waals surface area contributed by atoms with Crippen LogP contribution in [-0.2, 0) is 34.0 Å². The van der Waals surface area contributed by atoms with Gasteiger partial charge in [-0.3, -0.25) is 28.9 Å². The molecule has 58 heavy (non-hydrogen) atoms. The molecule has 0 aromatic heterocycles. The molecule has 2 saturated heterocycles. The maximum atomic E-state index is 15.1. The molecule has 0 aromatic rings. The number of sulfonamides is 1. The predicted molar refractivity (Wildman–Crippen MR) is 210 cm³/mol. The van der Waals surface area contributed by atoms with Crippen molar-refractivity contribution in [3.8, 4) is 0 Å². The van der Waals surface area contributed by atoms with Gasteiger partial charge in [0.25, 0.3) is 5.91 Å². The zero-order valence-corrected chi connectivity index (χ0v) is 35.7. The molecule has 0 radical (unpaired) electrons. The smallest absolute Gasteiger partial charge is 0.343 e. The second-order valence-corrected chi connectivity index (χ2v) is 21.2. The average molecular weight is 841 g/mol. The van der Waals surface area contributed by atoms with E-state index in [0.29, 0.717) is 13.0 Å². The number of nitrogens with zero attached hydrogens (tertiary/aromatic N) is 2. The van der Waals surface area contributed by atoms with Gasteiger partial charge in [0.05, 0.1) is 6.04 Å². The number of alkyl halides is 3. The van der Waals surface area contributed by atoms with E-state index in [4.69, 9.17) is 0 Å². The number of nitrogens with one attached hydrogen (secondary N) is 4. The molecule has 17 heteroatoms. The molecule has 0 unspecified atom stereocenters. The topological polar surface area (TPSA) is 174 Å². The maximum absolute atomic E-state index is 15.1. The van der Waals surface area contributed by atoms with Crippen LogP contribution in [0.1, 0.15) is 125 Å². The van der Waals surface area contributed by atoms with Crippen LogP contribution >= 0.6 is 0 Å². The monoisotopic (exact) mass is 840 g/mol. The lowest BCUT2D eigenvalue weighted by molar-refractivity contribution is -0.145. The molecule has 7 atom stereocenters. The Balaban J connectivity index is 1.29. The molecule has 6 fully saturated rings. The summed E-state index contributed by atoms with van der Waals surface area (Å²) in [7, 11) is -6.08. The summed E-state index contributed by atoms with van der Waals surface area (Å²) in [6, 6.07) is -3.56. The van der Waals surface area contributed by atoms with Gasteiger partial charge in [-0.05, 0) is 86.6 Å². The van der Waals surface area contributed by atoms with Crippen molar-refractivity contribution in [3.05, 3.63) is 12.7 Å². The van der Waals surface area contributed by atoms with Gasteiger partial charge in [0, 0.05) is 17.9 Å². The van der Waals surface area contributed by atoms with E-state index in [1.165, 1.54) is 11.0 Å². The molecule has 6 aliphatic rings. The summed E-state index contributed by atoms with van der Waals surface area (Å²) in [6.45, 7) is 17.0. The van der Waals surface area contributed by atoms with E-state index in [1.54, 1.807) is 20.8 Å². The highest BCUT2D eigenvalue weighted by molar-refractivity contribution is 7.90. The van der Waals surface area contributed by atoms with Crippen LogP contribution < -0.4 is 20.7 Å². The highest BCUT2D eigenvalue weighted by Crippen LogP contribution is 2.88. The first-order valence-corrected chi connectivity index (χ1v) is 22.7. The number of carbonyl (C=O) groups excluding carboxylic acids is 5. The van der Waals surface area contributed by atoms with Crippen molar-refractivity contribution in [1.82, 2.24) is 30.5 Å². The summed E-state index contributed by atoms with van der Waals surface area (Å²) in [5.74, 6) is -4.54. The summed E-state index contributed by atoms with van der Waals surface area (Å²) in [5, 5.41) is 8.72. The van der Waals surface area contributed by atoms with E-state index < -0.39 is 79.6 Å². The van der Waals surface area contributed by atoms with Gasteiger partial charge in [-0.1, -0.05) is 79.7 Å². The Labute approximate surface area is 340 Å². The van der Waals surface area contributed by atoms with Gasteiger partial charge in [0.2, 0.25) is 23.6 Å². The Bertz CT molecular complexity index is 1790. The lowest BCUT2D eigenvalue weighted by Crippen LogP contribution is -2.63. The first-order chi connectivity index (χ1) is 26.9. The Hall–Kier alpha value is -3.21. The van der Waals surface area contributed by atoms with Crippen LogP contribution in [0.15, 0.2) is 12.7 Å². The largest absolute Gasteiger partial charge is 0.516 e. The Morgan fingerprint density at radius 3 is 2.02 bits per heavy atom. The number of fused-ring (bicyclic) bond motifs is 1. The molecule has 4 N–H and O–H groups in total. The highest BCUT2D eigenvalue weighted by atomic mass is 32.2. The number of likely N-dealkylation sites (N-methyl/N-ethyl adjacent to an activating group) is 1. The van der Waals surface area contributed by atoms with Crippen LogP contribution in [0.3, 0.4) is 0 Å². The van der Waals surface area contributed by atoms with Crippen molar-refractivity contribution in [1.29, 1.82) is 0 Å². The number of piperidine rings is 1. The molecule has 5 amide bonds. The number of hydrogen-bond donors (Lipinski definition) is 4. The van der Waals surface area contributed by atoms with Gasteiger partial charge >= 0.3 is 15.5 Å². The second-order valence-electron chi connectivity index (χ2n) is 19.5. The van der Waals surface area contributed by atoms with Crippen molar-refractivity contribution < 1.29 is 45.6 Å². The fraction of sp³-hybridized carbons (Fsp3) is 0.829. The average Bonchev–Trinajstić information content (AvgIpc) is 3.86. The first kappa shape index (κ1) is 44.3. The molecule has 2 aliphatic heterocycles. The van der Waals surface area contributed by atoms with E-state index in [9.17, 15) is 40.8 Å². The fourth-order valence-corrected chi connectivity index (χ4v) is 12.0. The molecule has 6 rings (SSSR count). The van der Waals surface area contributed by atoms with Crippen LogP contribution in [0, 0.1) is 33.5 Å². The third-order valence-electron chi connectivity index (χ3n) is 15.4. The lowest BCUT2D eigenvalue weighted by Gasteiger charge is -2.39. The van der Waals surface area contributed by atoms with Crippen LogP contribution in [0.5, 0.6) is 0 Å². The summed E-state index contributed by atoms with van der Waals surface area (Å²) in [5.41, 5.74) is -9.56. The van der Waals surface area contributed by atoms with E-state index >= 15 is 4.79 Å². The van der Waals surface area contributed by atoms with Crippen LogP contribution in [-0.4, -0.2) is 103 Å². The van der Waals surface area contributed by atoms with Gasteiger partial charge in [-0.25, -0.2) is 4.72 Å². The molecule has 2 spiro atoms. The molecular formula is C41H63F3N6O7S. The van der Waals surface area contributed by atoms with Crippen LogP contribution in [0.25, 0.3) is 0 Å². The molecule has 2 heterocycles. The number of hydrogen-bond acceptors (Lipinski definition) is 8. The van der Waals surface area contributed by atoms with E-state index in [2.05, 4.69) is 41.3 Å². The Morgan fingerprint density at radius 1 is 0.862 bits per heavy atom. The first-order valence-electron chi connectivity index (χ1n) is 21.2. The SMILES string of the molecule is C=C[C@@H]1C[C@]1(NC(=O)[C@@H]1C[C@@]2(CN1C(=O)[C@@H](NC(=O)[C@@H](NC(=O)[C@@H]1CCCCN1CC)C1CCCCC1)C(C)(C)C)C(C)(C)C21CCC1)C(=O)NS(=O)(=O)C(F)(F)F. The molecule has 4 aliphatic carbocycles. The van der Waals surface area contributed by atoms with Gasteiger partial charge in [0.15, 0.2) is 0 Å². The number of amides is 5. The summed E-state index contributed by atoms with van der Waals surface area (Å²) < 4.78 is 64.9. The van der Waals surface area contributed by atoms with Crippen molar-refractivity contribution in [2.75, 3.05) is 19.6 Å². The zero-order chi connectivity index (χ0) is 42.9. The quantitative estimate of drug-likeness (QED) is 0.211.